The number of nitrogens with one attached hydrogen (secondary N) is 1. The maximum atomic E-state index is 5.54. The Kier molecular flexibility index (Phi) is 4.03. The fourth-order valence-corrected chi connectivity index (χ4v) is 2.81. The molecule has 1 N–H and O–H groups in total. The molecule has 2 nitrogen and oxygen atoms in total. The molecule has 19 heavy (non-hydrogen) atoms. The lowest BCUT2D eigenvalue weighted by Gasteiger charge is -2.43. The quantitative estimate of drug-likeness (QED) is 0.899. The van der Waals surface area contributed by atoms with E-state index in [4.69, 9.17) is 4.74 Å². The van der Waals surface area contributed by atoms with Crippen LogP contribution >= 0.6 is 0 Å². The standard InChI is InChI=1S/C17H27NO/c1-13-6-7-14(16(2,3)4)10-15(13)17(8-9-18-5)11-19-12-17/h6-7,10,18H,8-9,11-12H2,1-5H3. The predicted molar refractivity (Wildman–Crippen MR) is 80.9 cm³/mol. The minimum atomic E-state index is 0.206. The molecular weight excluding hydrogens is 234 g/mol. The molecule has 0 radical (unpaired) electrons. The van der Waals surface area contributed by atoms with Crippen molar-refractivity contribution in [2.45, 2.75) is 44.9 Å². The Balaban J connectivity index is 2.37. The molecule has 0 unspecified atom stereocenters. The van der Waals surface area contributed by atoms with Gasteiger partial charge in [0.1, 0.15) is 0 Å². The van der Waals surface area contributed by atoms with Crippen LogP contribution in [0.4, 0.5) is 0 Å². The fourth-order valence-electron chi connectivity index (χ4n) is 2.81. The minimum Gasteiger partial charge on any atom is -0.379 e. The van der Waals surface area contributed by atoms with Gasteiger partial charge < -0.3 is 10.1 Å². The van der Waals surface area contributed by atoms with Gasteiger partial charge in [-0.2, -0.15) is 0 Å². The zero-order valence-electron chi connectivity index (χ0n) is 13.0. The van der Waals surface area contributed by atoms with Crippen molar-refractivity contribution in [3.8, 4) is 0 Å². The number of hydrogen-bond acceptors (Lipinski definition) is 2. The summed E-state index contributed by atoms with van der Waals surface area (Å²) in [6.07, 6.45) is 1.15. The highest BCUT2D eigenvalue weighted by atomic mass is 16.5. The molecule has 0 bridgehead atoms. The summed E-state index contributed by atoms with van der Waals surface area (Å²) in [5, 5.41) is 3.27. The van der Waals surface area contributed by atoms with Crippen molar-refractivity contribution >= 4 is 0 Å². The van der Waals surface area contributed by atoms with E-state index in [1.54, 1.807) is 0 Å². The molecule has 1 aromatic rings. The van der Waals surface area contributed by atoms with E-state index in [9.17, 15) is 0 Å². The second kappa shape index (κ2) is 5.26. The van der Waals surface area contributed by atoms with Gasteiger partial charge in [-0.05, 0) is 49.0 Å². The van der Waals surface area contributed by atoms with E-state index in [-0.39, 0.29) is 10.8 Å². The average molecular weight is 261 g/mol. The van der Waals surface area contributed by atoms with Gasteiger partial charge in [0.2, 0.25) is 0 Å². The summed E-state index contributed by atoms with van der Waals surface area (Å²) in [6, 6.07) is 6.95. The first-order valence-electron chi connectivity index (χ1n) is 7.23. The zero-order valence-corrected chi connectivity index (χ0v) is 13.0. The van der Waals surface area contributed by atoms with Gasteiger partial charge in [0, 0.05) is 5.41 Å². The zero-order chi connectivity index (χ0) is 14.1. The summed E-state index contributed by atoms with van der Waals surface area (Å²) >= 11 is 0. The van der Waals surface area contributed by atoms with Crippen LogP contribution in [0.15, 0.2) is 18.2 Å². The number of hydrogen-bond donors (Lipinski definition) is 1. The van der Waals surface area contributed by atoms with Crippen LogP contribution in [0.1, 0.15) is 43.9 Å². The predicted octanol–water partition coefficient (Wildman–Crippen LogP) is 3.17. The monoisotopic (exact) mass is 261 g/mol. The highest BCUT2D eigenvalue weighted by Gasteiger charge is 2.41. The minimum absolute atomic E-state index is 0.206. The molecule has 1 heterocycles. The molecule has 1 aliphatic heterocycles. The van der Waals surface area contributed by atoms with Crippen molar-refractivity contribution in [2.24, 2.45) is 0 Å². The Morgan fingerprint density at radius 3 is 2.42 bits per heavy atom. The molecule has 2 rings (SSSR count). The summed E-state index contributed by atoms with van der Waals surface area (Å²) in [5.74, 6) is 0. The molecule has 0 aliphatic carbocycles. The maximum Gasteiger partial charge on any atom is 0.0586 e. The van der Waals surface area contributed by atoms with Gasteiger partial charge in [0.25, 0.3) is 0 Å². The molecular formula is C17H27NO. The molecule has 0 aromatic heterocycles. The first-order valence-corrected chi connectivity index (χ1v) is 7.23. The SMILES string of the molecule is CNCCC1(c2cc(C(C)(C)C)ccc2C)COC1. The Labute approximate surface area is 117 Å². The molecule has 0 atom stereocenters. The molecule has 1 fully saturated rings. The highest BCUT2D eigenvalue weighted by molar-refractivity contribution is 5.41. The van der Waals surface area contributed by atoms with Crippen LogP contribution in [0.3, 0.4) is 0 Å². The van der Waals surface area contributed by atoms with Gasteiger partial charge in [0.15, 0.2) is 0 Å². The molecule has 1 saturated heterocycles. The normalized spacial score (nSPS) is 18.2. The number of ether oxygens (including phenoxy) is 1. The largest absolute Gasteiger partial charge is 0.379 e. The van der Waals surface area contributed by atoms with Crippen molar-refractivity contribution in [3.05, 3.63) is 34.9 Å². The highest BCUT2D eigenvalue weighted by Crippen LogP contribution is 2.39. The Bertz CT molecular complexity index is 441. The summed E-state index contributed by atoms with van der Waals surface area (Å²) in [7, 11) is 2.02. The third-order valence-corrected chi connectivity index (χ3v) is 4.29. The lowest BCUT2D eigenvalue weighted by atomic mass is 9.72. The van der Waals surface area contributed by atoms with Gasteiger partial charge in [-0.3, -0.25) is 0 Å². The average Bonchev–Trinajstić information content (AvgIpc) is 2.28. The van der Waals surface area contributed by atoms with Gasteiger partial charge in [0.05, 0.1) is 13.2 Å². The van der Waals surface area contributed by atoms with E-state index in [0.717, 1.165) is 26.2 Å². The number of aryl methyl sites for hydroxylation is 1. The van der Waals surface area contributed by atoms with Gasteiger partial charge in [-0.25, -0.2) is 0 Å². The lowest BCUT2D eigenvalue weighted by molar-refractivity contribution is -0.0641. The van der Waals surface area contributed by atoms with E-state index >= 15 is 0 Å². The van der Waals surface area contributed by atoms with Crippen LogP contribution < -0.4 is 5.32 Å². The Morgan fingerprint density at radius 1 is 1.26 bits per heavy atom. The second-order valence-corrected chi connectivity index (χ2v) is 6.91. The van der Waals surface area contributed by atoms with E-state index in [1.807, 2.05) is 7.05 Å². The first-order chi connectivity index (χ1) is 8.89. The van der Waals surface area contributed by atoms with Crippen molar-refractivity contribution in [1.82, 2.24) is 5.32 Å². The van der Waals surface area contributed by atoms with Crippen LogP contribution in [0.2, 0.25) is 0 Å². The van der Waals surface area contributed by atoms with Gasteiger partial charge in [-0.1, -0.05) is 39.0 Å². The maximum absolute atomic E-state index is 5.54. The fraction of sp³-hybridized carbons (Fsp3) is 0.647. The molecule has 1 aromatic carbocycles. The van der Waals surface area contributed by atoms with E-state index in [1.165, 1.54) is 16.7 Å². The summed E-state index contributed by atoms with van der Waals surface area (Å²) < 4.78 is 5.54. The van der Waals surface area contributed by atoms with Crippen LogP contribution in [-0.4, -0.2) is 26.8 Å². The first kappa shape index (κ1) is 14.5. The van der Waals surface area contributed by atoms with Crippen molar-refractivity contribution < 1.29 is 4.74 Å². The molecule has 0 saturated carbocycles. The van der Waals surface area contributed by atoms with Crippen molar-refractivity contribution in [2.75, 3.05) is 26.8 Å². The summed E-state index contributed by atoms with van der Waals surface area (Å²) in [4.78, 5) is 0. The Morgan fingerprint density at radius 2 is 1.95 bits per heavy atom. The number of rotatable bonds is 4. The third kappa shape index (κ3) is 2.85. The Hall–Kier alpha value is -0.860. The van der Waals surface area contributed by atoms with Crippen molar-refractivity contribution in [3.63, 3.8) is 0 Å². The van der Waals surface area contributed by atoms with Crippen LogP contribution in [0.5, 0.6) is 0 Å². The molecule has 0 amide bonds. The number of benzene rings is 1. The third-order valence-electron chi connectivity index (χ3n) is 4.29. The molecule has 1 aliphatic rings. The smallest absolute Gasteiger partial charge is 0.0586 e. The van der Waals surface area contributed by atoms with Crippen molar-refractivity contribution in [1.29, 1.82) is 0 Å². The molecule has 106 valence electrons. The van der Waals surface area contributed by atoms with E-state index < -0.39 is 0 Å². The van der Waals surface area contributed by atoms with E-state index in [2.05, 4.69) is 51.2 Å². The molecule has 0 spiro atoms. The molecule has 2 heteroatoms. The van der Waals surface area contributed by atoms with Gasteiger partial charge in [-0.15, -0.1) is 0 Å². The van der Waals surface area contributed by atoms with Gasteiger partial charge >= 0.3 is 0 Å². The van der Waals surface area contributed by atoms with Crippen LogP contribution in [0.25, 0.3) is 0 Å². The summed E-state index contributed by atoms with van der Waals surface area (Å²) in [5.41, 5.74) is 4.74. The topological polar surface area (TPSA) is 21.3 Å². The lowest BCUT2D eigenvalue weighted by Crippen LogP contribution is -2.48. The van der Waals surface area contributed by atoms with Crippen LogP contribution in [0, 0.1) is 6.92 Å². The summed E-state index contributed by atoms with van der Waals surface area (Å²) in [6.45, 7) is 11.8. The van der Waals surface area contributed by atoms with E-state index in [0.29, 0.717) is 0 Å². The van der Waals surface area contributed by atoms with Crippen LogP contribution in [-0.2, 0) is 15.6 Å². The second-order valence-electron chi connectivity index (χ2n) is 6.91.